The summed E-state index contributed by atoms with van der Waals surface area (Å²) in [4.78, 5) is 2.70. The van der Waals surface area contributed by atoms with E-state index in [0.29, 0.717) is 6.04 Å². The average Bonchev–Trinajstić information content (AvgIpc) is 3.02. The molecule has 3 nitrogen and oxygen atoms in total. The molecule has 1 spiro atoms. The number of hydrogen-bond donors (Lipinski definition) is 1. The van der Waals surface area contributed by atoms with Gasteiger partial charge in [-0.1, -0.05) is 17.7 Å². The molecular weight excluding hydrogens is 260 g/mol. The number of aryl methyl sites for hydroxylation is 1. The van der Waals surface area contributed by atoms with Gasteiger partial charge in [0.1, 0.15) is 11.4 Å². The number of hydrogen-bond acceptors (Lipinski definition) is 3. The van der Waals surface area contributed by atoms with Crippen molar-refractivity contribution in [2.45, 2.75) is 50.7 Å². The molecule has 4 rings (SSSR count). The maximum atomic E-state index is 6.54. The van der Waals surface area contributed by atoms with Crippen LogP contribution in [-0.2, 0) is 0 Å². The average molecular weight is 286 g/mol. The van der Waals surface area contributed by atoms with Gasteiger partial charge in [-0.3, -0.25) is 4.90 Å². The Balaban J connectivity index is 1.71. The van der Waals surface area contributed by atoms with Gasteiger partial charge in [0.15, 0.2) is 0 Å². The quantitative estimate of drug-likeness (QED) is 0.859. The third kappa shape index (κ3) is 2.47. The van der Waals surface area contributed by atoms with Gasteiger partial charge in [-0.25, -0.2) is 0 Å². The molecule has 0 aromatic heterocycles. The van der Waals surface area contributed by atoms with Crippen LogP contribution in [0.3, 0.4) is 0 Å². The fourth-order valence-electron chi connectivity index (χ4n) is 4.33. The summed E-state index contributed by atoms with van der Waals surface area (Å²) in [7, 11) is 0. The molecule has 1 aromatic carbocycles. The molecule has 3 aliphatic rings. The van der Waals surface area contributed by atoms with Crippen molar-refractivity contribution in [2.75, 3.05) is 26.2 Å². The van der Waals surface area contributed by atoms with Gasteiger partial charge >= 0.3 is 0 Å². The van der Waals surface area contributed by atoms with E-state index in [2.05, 4.69) is 35.3 Å². The lowest BCUT2D eigenvalue weighted by Gasteiger charge is -2.47. The number of piperidine rings is 1. The highest BCUT2D eigenvalue weighted by Crippen LogP contribution is 2.46. The monoisotopic (exact) mass is 286 g/mol. The lowest BCUT2D eigenvalue weighted by Crippen LogP contribution is -2.51. The molecule has 1 aromatic rings. The van der Waals surface area contributed by atoms with Gasteiger partial charge < -0.3 is 10.1 Å². The number of benzene rings is 1. The van der Waals surface area contributed by atoms with Gasteiger partial charge in [0.05, 0.1) is 0 Å². The van der Waals surface area contributed by atoms with Crippen LogP contribution in [0.25, 0.3) is 0 Å². The Morgan fingerprint density at radius 2 is 1.95 bits per heavy atom. The summed E-state index contributed by atoms with van der Waals surface area (Å²) >= 11 is 0. The number of ether oxygens (including phenoxy) is 1. The van der Waals surface area contributed by atoms with E-state index in [9.17, 15) is 0 Å². The van der Waals surface area contributed by atoms with Crippen molar-refractivity contribution < 1.29 is 4.74 Å². The molecule has 1 N–H and O–H groups in total. The minimum Gasteiger partial charge on any atom is -0.487 e. The van der Waals surface area contributed by atoms with Crippen LogP contribution in [0.4, 0.5) is 0 Å². The highest BCUT2D eigenvalue weighted by atomic mass is 16.5. The molecule has 3 aliphatic heterocycles. The number of likely N-dealkylation sites (tertiary alicyclic amines) is 1. The number of nitrogens with zero attached hydrogens (tertiary/aromatic N) is 1. The lowest BCUT2D eigenvalue weighted by molar-refractivity contribution is -0.0160. The Hall–Kier alpha value is -1.06. The molecule has 1 unspecified atom stereocenters. The third-order valence-corrected chi connectivity index (χ3v) is 5.51. The topological polar surface area (TPSA) is 24.5 Å². The fraction of sp³-hybridized carbons (Fsp3) is 0.667. The molecular formula is C18H26N2O. The molecule has 0 bridgehead atoms. The zero-order valence-electron chi connectivity index (χ0n) is 13.0. The summed E-state index contributed by atoms with van der Waals surface area (Å²) in [6.45, 7) is 6.89. The van der Waals surface area contributed by atoms with Crippen molar-refractivity contribution in [1.82, 2.24) is 10.2 Å². The van der Waals surface area contributed by atoms with E-state index < -0.39 is 0 Å². The number of fused-ring (bicyclic) bond motifs is 1. The zero-order chi connectivity index (χ0) is 14.3. The summed E-state index contributed by atoms with van der Waals surface area (Å²) in [5.74, 6) is 1.14. The van der Waals surface area contributed by atoms with Crippen LogP contribution >= 0.6 is 0 Å². The normalized spacial score (nSPS) is 28.3. The fourth-order valence-corrected chi connectivity index (χ4v) is 4.33. The Bertz CT molecular complexity index is 516. The Morgan fingerprint density at radius 1 is 1.19 bits per heavy atom. The molecule has 2 saturated heterocycles. The van der Waals surface area contributed by atoms with E-state index in [1.54, 1.807) is 0 Å². The Kier molecular flexibility index (Phi) is 3.43. The van der Waals surface area contributed by atoms with Crippen molar-refractivity contribution in [3.8, 4) is 5.75 Å². The van der Waals surface area contributed by atoms with Gasteiger partial charge in [-0.05, 0) is 64.9 Å². The van der Waals surface area contributed by atoms with Crippen molar-refractivity contribution in [1.29, 1.82) is 0 Å². The zero-order valence-corrected chi connectivity index (χ0v) is 13.0. The summed E-state index contributed by atoms with van der Waals surface area (Å²) in [5.41, 5.74) is 2.85. The molecule has 2 fully saturated rings. The molecule has 0 radical (unpaired) electrons. The minimum atomic E-state index is 0.0702. The van der Waals surface area contributed by atoms with E-state index in [1.807, 2.05) is 0 Å². The predicted molar refractivity (Wildman–Crippen MR) is 84.8 cm³/mol. The van der Waals surface area contributed by atoms with Gasteiger partial charge in [0.2, 0.25) is 0 Å². The lowest BCUT2D eigenvalue weighted by atomic mass is 9.80. The van der Waals surface area contributed by atoms with Gasteiger partial charge in [0.25, 0.3) is 0 Å². The Labute approximate surface area is 127 Å². The second-order valence-electron chi connectivity index (χ2n) is 7.04. The largest absolute Gasteiger partial charge is 0.487 e. The first kappa shape index (κ1) is 13.6. The second-order valence-corrected chi connectivity index (χ2v) is 7.04. The van der Waals surface area contributed by atoms with Gasteiger partial charge in [-0.2, -0.15) is 0 Å². The highest BCUT2D eigenvalue weighted by Gasteiger charge is 2.43. The predicted octanol–water partition coefficient (Wildman–Crippen LogP) is 3.04. The van der Waals surface area contributed by atoms with Gasteiger partial charge in [0, 0.05) is 18.0 Å². The second kappa shape index (κ2) is 5.29. The third-order valence-electron chi connectivity index (χ3n) is 5.51. The van der Waals surface area contributed by atoms with Crippen molar-refractivity contribution in [3.63, 3.8) is 0 Å². The first-order valence-electron chi connectivity index (χ1n) is 8.50. The van der Waals surface area contributed by atoms with Crippen LogP contribution in [0.2, 0.25) is 0 Å². The summed E-state index contributed by atoms with van der Waals surface area (Å²) in [6, 6.07) is 7.32. The summed E-state index contributed by atoms with van der Waals surface area (Å²) in [5, 5.41) is 3.48. The summed E-state index contributed by atoms with van der Waals surface area (Å²) < 4.78 is 6.54. The van der Waals surface area contributed by atoms with Crippen LogP contribution in [0, 0.1) is 6.92 Å². The Morgan fingerprint density at radius 3 is 2.71 bits per heavy atom. The maximum Gasteiger partial charge on any atom is 0.124 e. The van der Waals surface area contributed by atoms with Crippen LogP contribution in [0.5, 0.6) is 5.75 Å². The maximum absolute atomic E-state index is 6.54. The molecule has 0 amide bonds. The van der Waals surface area contributed by atoms with Crippen LogP contribution in [0.1, 0.15) is 49.3 Å². The van der Waals surface area contributed by atoms with Gasteiger partial charge in [-0.15, -0.1) is 0 Å². The van der Waals surface area contributed by atoms with E-state index in [0.717, 1.165) is 31.7 Å². The first-order chi connectivity index (χ1) is 10.3. The molecule has 114 valence electrons. The van der Waals surface area contributed by atoms with E-state index in [1.165, 1.54) is 43.5 Å². The smallest absolute Gasteiger partial charge is 0.124 e. The minimum absolute atomic E-state index is 0.0702. The molecule has 3 heterocycles. The SMILES string of the molecule is Cc1ccc2c(c1)C(N1CCCC1)CC1(CCNCC1)O2. The highest BCUT2D eigenvalue weighted by molar-refractivity contribution is 5.42. The van der Waals surface area contributed by atoms with E-state index in [-0.39, 0.29) is 5.60 Å². The van der Waals surface area contributed by atoms with Crippen molar-refractivity contribution in [3.05, 3.63) is 29.3 Å². The van der Waals surface area contributed by atoms with Crippen LogP contribution in [0.15, 0.2) is 18.2 Å². The number of nitrogens with one attached hydrogen (secondary N) is 1. The van der Waals surface area contributed by atoms with Crippen LogP contribution in [-0.4, -0.2) is 36.7 Å². The molecule has 3 heteroatoms. The van der Waals surface area contributed by atoms with E-state index >= 15 is 0 Å². The van der Waals surface area contributed by atoms with Crippen molar-refractivity contribution in [2.24, 2.45) is 0 Å². The van der Waals surface area contributed by atoms with Crippen LogP contribution < -0.4 is 10.1 Å². The molecule has 21 heavy (non-hydrogen) atoms. The molecule has 0 aliphatic carbocycles. The summed E-state index contributed by atoms with van der Waals surface area (Å²) in [6.07, 6.45) is 6.17. The van der Waals surface area contributed by atoms with E-state index in [4.69, 9.17) is 4.74 Å². The standard InChI is InChI=1S/C18H26N2O/c1-14-4-5-17-15(12-14)16(20-10-2-3-11-20)13-18(21-17)6-8-19-9-7-18/h4-5,12,16,19H,2-3,6-11,13H2,1H3. The molecule has 1 atom stereocenters. The first-order valence-corrected chi connectivity index (χ1v) is 8.50. The number of rotatable bonds is 1. The molecule has 0 saturated carbocycles. The van der Waals surface area contributed by atoms with Crippen molar-refractivity contribution >= 4 is 0 Å².